The topological polar surface area (TPSA) is 24.9 Å². The fourth-order valence-electron chi connectivity index (χ4n) is 1.54. The smallest absolute Gasteiger partial charge is 0.251 e. The molecule has 0 aliphatic rings. The fraction of sp³-hybridized carbons (Fsp3) is 0.154. The maximum absolute atomic E-state index is 13.2. The number of hydrogen-bond acceptors (Lipinski definition) is 2. The molecule has 2 rings (SSSR count). The summed E-state index contributed by atoms with van der Waals surface area (Å²) in [6, 6.07) is 6.23. The Morgan fingerprint density at radius 2 is 1.63 bits per heavy atom. The number of rotatable bonds is 4. The highest BCUT2D eigenvalue weighted by atomic mass is 19.2. The lowest BCUT2D eigenvalue weighted by Gasteiger charge is -2.07. The summed E-state index contributed by atoms with van der Waals surface area (Å²) in [5.74, 6) is -4.34. The molecule has 1 heterocycles. The summed E-state index contributed by atoms with van der Waals surface area (Å²) < 4.78 is 51.3. The first kappa shape index (κ1) is 13.3. The Balaban J connectivity index is 1.96. The second-order valence-electron chi connectivity index (χ2n) is 3.89. The quantitative estimate of drug-likeness (QED) is 0.681. The van der Waals surface area contributed by atoms with E-state index in [1.54, 1.807) is 12.1 Å². The molecule has 1 aromatic carbocycles. The van der Waals surface area contributed by atoms with Gasteiger partial charge in [0.05, 0.1) is 0 Å². The maximum Gasteiger partial charge on any atom is 0.251 e. The Hall–Kier alpha value is -2.11. The number of hydrogen-bond donors (Lipinski definition) is 1. The minimum atomic E-state index is -1.36. The van der Waals surface area contributed by atoms with Gasteiger partial charge in [0.25, 0.3) is 5.95 Å². The van der Waals surface area contributed by atoms with Gasteiger partial charge < -0.3 is 5.32 Å². The van der Waals surface area contributed by atoms with Gasteiger partial charge in [-0.3, -0.25) is 0 Å². The summed E-state index contributed by atoms with van der Waals surface area (Å²) in [6.07, 6.45) is 0.473. The van der Waals surface area contributed by atoms with Crippen molar-refractivity contribution >= 4 is 5.82 Å². The highest BCUT2D eigenvalue weighted by Gasteiger charge is 2.10. The summed E-state index contributed by atoms with van der Waals surface area (Å²) in [7, 11) is 0. The van der Waals surface area contributed by atoms with E-state index in [1.807, 2.05) is 0 Å². The van der Waals surface area contributed by atoms with Crippen LogP contribution in [0.4, 0.5) is 23.4 Å². The summed E-state index contributed by atoms with van der Waals surface area (Å²) in [4.78, 5) is 3.13. The van der Waals surface area contributed by atoms with Crippen LogP contribution >= 0.6 is 0 Å². The van der Waals surface area contributed by atoms with Crippen molar-refractivity contribution in [2.24, 2.45) is 0 Å². The van der Waals surface area contributed by atoms with Crippen molar-refractivity contribution in [3.05, 3.63) is 59.3 Å². The molecular weight excluding hydrogens is 260 g/mol. The first-order valence-electron chi connectivity index (χ1n) is 5.56. The van der Waals surface area contributed by atoms with Crippen molar-refractivity contribution < 1.29 is 17.6 Å². The molecule has 0 aliphatic heterocycles. The molecule has 0 amide bonds. The molecule has 1 aromatic heterocycles. The number of halogens is 4. The summed E-state index contributed by atoms with van der Waals surface area (Å²) >= 11 is 0. The number of nitrogens with zero attached hydrogens (tertiary/aromatic N) is 1. The van der Waals surface area contributed by atoms with Crippen LogP contribution in [0.3, 0.4) is 0 Å². The molecule has 0 fully saturated rings. The van der Waals surface area contributed by atoms with Crippen molar-refractivity contribution in [1.29, 1.82) is 0 Å². The van der Waals surface area contributed by atoms with E-state index in [9.17, 15) is 17.6 Å². The van der Waals surface area contributed by atoms with Crippen LogP contribution in [0.15, 0.2) is 30.3 Å². The van der Waals surface area contributed by atoms with Crippen LogP contribution in [0.25, 0.3) is 0 Å². The average molecular weight is 270 g/mol. The summed E-state index contributed by atoms with van der Waals surface area (Å²) in [5.41, 5.74) is 0.830. The van der Waals surface area contributed by atoms with Gasteiger partial charge in [0.1, 0.15) is 5.82 Å². The largest absolute Gasteiger partial charge is 0.367 e. The zero-order chi connectivity index (χ0) is 13.8. The first-order valence-corrected chi connectivity index (χ1v) is 5.56. The van der Waals surface area contributed by atoms with Crippen LogP contribution < -0.4 is 5.32 Å². The fourth-order valence-corrected chi connectivity index (χ4v) is 1.54. The van der Waals surface area contributed by atoms with E-state index in [0.717, 1.165) is 5.56 Å². The SMILES string of the molecule is Fc1ccc(CCNc2nc(F)c(F)cc2F)cc1. The number of anilines is 1. The highest BCUT2D eigenvalue weighted by molar-refractivity contribution is 5.36. The predicted octanol–water partition coefficient (Wildman–Crippen LogP) is 3.29. The van der Waals surface area contributed by atoms with Gasteiger partial charge in [-0.1, -0.05) is 12.1 Å². The molecule has 2 aromatic rings. The Kier molecular flexibility index (Phi) is 3.99. The third-order valence-corrected chi connectivity index (χ3v) is 2.51. The van der Waals surface area contributed by atoms with E-state index in [0.29, 0.717) is 12.5 Å². The van der Waals surface area contributed by atoms with Crippen molar-refractivity contribution in [2.45, 2.75) is 6.42 Å². The Morgan fingerprint density at radius 3 is 2.32 bits per heavy atom. The lowest BCUT2D eigenvalue weighted by molar-refractivity contribution is 0.466. The van der Waals surface area contributed by atoms with E-state index in [1.165, 1.54) is 12.1 Å². The molecule has 100 valence electrons. The molecule has 0 atom stereocenters. The lowest BCUT2D eigenvalue weighted by atomic mass is 10.1. The van der Waals surface area contributed by atoms with Gasteiger partial charge >= 0.3 is 0 Å². The normalized spacial score (nSPS) is 10.5. The highest BCUT2D eigenvalue weighted by Crippen LogP contribution is 2.14. The van der Waals surface area contributed by atoms with Crippen molar-refractivity contribution in [3.8, 4) is 0 Å². The minimum absolute atomic E-state index is 0.265. The van der Waals surface area contributed by atoms with Gasteiger partial charge in [0.2, 0.25) is 0 Å². The molecular formula is C13H10F4N2. The molecule has 0 saturated carbocycles. The zero-order valence-corrected chi connectivity index (χ0v) is 9.76. The zero-order valence-electron chi connectivity index (χ0n) is 9.76. The second kappa shape index (κ2) is 5.69. The van der Waals surface area contributed by atoms with Crippen LogP contribution in [0, 0.1) is 23.4 Å². The number of pyridine rings is 1. The molecule has 2 nitrogen and oxygen atoms in total. The van der Waals surface area contributed by atoms with Crippen LogP contribution in [0.1, 0.15) is 5.56 Å². The molecule has 6 heteroatoms. The van der Waals surface area contributed by atoms with Crippen LogP contribution in [-0.4, -0.2) is 11.5 Å². The van der Waals surface area contributed by atoms with Gasteiger partial charge in [-0.15, -0.1) is 0 Å². The molecule has 0 saturated heterocycles. The summed E-state index contributed by atoms with van der Waals surface area (Å²) in [6.45, 7) is 0.265. The molecule has 0 unspecified atom stereocenters. The number of benzene rings is 1. The standard InChI is InChI=1S/C13H10F4N2/c14-9-3-1-8(2-4-9)5-6-18-13-11(16)7-10(15)12(17)19-13/h1-4,7H,5-6H2,(H,18,19). The first-order chi connectivity index (χ1) is 9.06. The number of aromatic nitrogens is 1. The Labute approximate surface area is 107 Å². The van der Waals surface area contributed by atoms with E-state index in [4.69, 9.17) is 0 Å². The lowest BCUT2D eigenvalue weighted by Crippen LogP contribution is -2.09. The van der Waals surface area contributed by atoms with Gasteiger partial charge in [0, 0.05) is 12.6 Å². The number of nitrogens with one attached hydrogen (secondary N) is 1. The second-order valence-corrected chi connectivity index (χ2v) is 3.89. The van der Waals surface area contributed by atoms with Crippen LogP contribution in [0.2, 0.25) is 0 Å². The van der Waals surface area contributed by atoms with Crippen molar-refractivity contribution in [3.63, 3.8) is 0 Å². The van der Waals surface area contributed by atoms with Gasteiger partial charge in [-0.2, -0.15) is 9.37 Å². The van der Waals surface area contributed by atoms with Gasteiger partial charge in [0.15, 0.2) is 17.5 Å². The van der Waals surface area contributed by atoms with Crippen LogP contribution in [-0.2, 0) is 6.42 Å². The predicted molar refractivity (Wildman–Crippen MR) is 62.7 cm³/mol. The van der Waals surface area contributed by atoms with E-state index >= 15 is 0 Å². The monoisotopic (exact) mass is 270 g/mol. The molecule has 19 heavy (non-hydrogen) atoms. The average Bonchev–Trinajstić information content (AvgIpc) is 2.38. The van der Waals surface area contributed by atoms with Crippen LogP contribution in [0.5, 0.6) is 0 Å². The minimum Gasteiger partial charge on any atom is -0.367 e. The third kappa shape index (κ3) is 3.43. The third-order valence-electron chi connectivity index (χ3n) is 2.51. The van der Waals surface area contributed by atoms with Gasteiger partial charge in [-0.05, 0) is 24.1 Å². The molecule has 0 aliphatic carbocycles. The van der Waals surface area contributed by atoms with Crippen molar-refractivity contribution in [2.75, 3.05) is 11.9 Å². The van der Waals surface area contributed by atoms with Crippen molar-refractivity contribution in [1.82, 2.24) is 4.98 Å². The molecule has 1 N–H and O–H groups in total. The molecule has 0 radical (unpaired) electrons. The molecule has 0 spiro atoms. The van der Waals surface area contributed by atoms with E-state index in [2.05, 4.69) is 10.3 Å². The Bertz CT molecular complexity index is 570. The summed E-state index contributed by atoms with van der Waals surface area (Å²) in [5, 5.41) is 2.56. The van der Waals surface area contributed by atoms with E-state index in [-0.39, 0.29) is 18.2 Å². The Morgan fingerprint density at radius 1 is 0.947 bits per heavy atom. The van der Waals surface area contributed by atoms with Gasteiger partial charge in [-0.25, -0.2) is 13.2 Å². The van der Waals surface area contributed by atoms with E-state index < -0.39 is 17.6 Å². The molecule has 0 bridgehead atoms. The maximum atomic E-state index is 13.2.